The molecule has 2 rings (SSSR count). The van der Waals surface area contributed by atoms with Crippen molar-refractivity contribution < 1.29 is 14.3 Å². The van der Waals surface area contributed by atoms with Crippen LogP contribution in [-0.4, -0.2) is 50.6 Å². The second-order valence-electron chi connectivity index (χ2n) is 7.94. The van der Waals surface area contributed by atoms with E-state index in [1.165, 1.54) is 7.11 Å². The Labute approximate surface area is 162 Å². The molecule has 6 nitrogen and oxygen atoms in total. The van der Waals surface area contributed by atoms with Gasteiger partial charge < -0.3 is 19.9 Å². The average molecular weight is 376 g/mol. The van der Waals surface area contributed by atoms with Crippen LogP contribution in [-0.2, 0) is 20.9 Å². The van der Waals surface area contributed by atoms with Crippen LogP contribution in [0.1, 0.15) is 39.2 Å². The highest BCUT2D eigenvalue weighted by Gasteiger charge is 2.36. The lowest BCUT2D eigenvalue weighted by atomic mass is 10.0. The first kappa shape index (κ1) is 21.2. The number of nitrogens with one attached hydrogen (secondary N) is 1. The molecule has 1 aliphatic rings. The number of hydrogen-bond donors (Lipinski definition) is 1. The second-order valence-corrected chi connectivity index (χ2v) is 7.94. The summed E-state index contributed by atoms with van der Waals surface area (Å²) >= 11 is 0. The zero-order valence-electron chi connectivity index (χ0n) is 17.4. The number of amides is 2. The molecule has 1 saturated carbocycles. The summed E-state index contributed by atoms with van der Waals surface area (Å²) < 4.78 is 4.88. The van der Waals surface area contributed by atoms with Gasteiger partial charge in [-0.05, 0) is 49.4 Å². The minimum atomic E-state index is -0.192. The molecule has 150 valence electrons. The summed E-state index contributed by atoms with van der Waals surface area (Å²) in [6.45, 7) is 6.96. The molecule has 1 atom stereocenters. The van der Waals surface area contributed by atoms with Crippen LogP contribution in [0.4, 0.5) is 11.4 Å². The summed E-state index contributed by atoms with van der Waals surface area (Å²) in [5, 5.41) is 2.85. The maximum atomic E-state index is 12.9. The maximum absolute atomic E-state index is 12.9. The van der Waals surface area contributed by atoms with Crippen molar-refractivity contribution in [3.05, 3.63) is 23.8 Å². The van der Waals surface area contributed by atoms with Gasteiger partial charge in [-0.3, -0.25) is 9.59 Å². The summed E-state index contributed by atoms with van der Waals surface area (Å²) in [5.74, 6) is 0.607. The van der Waals surface area contributed by atoms with E-state index < -0.39 is 0 Å². The number of carbonyl (C=O) groups excluding carboxylic acids is 2. The van der Waals surface area contributed by atoms with Crippen molar-refractivity contribution in [2.75, 3.05) is 38.0 Å². The van der Waals surface area contributed by atoms with Crippen molar-refractivity contribution in [3.8, 4) is 0 Å². The van der Waals surface area contributed by atoms with Crippen molar-refractivity contribution in [2.24, 2.45) is 11.8 Å². The first-order valence-electron chi connectivity index (χ1n) is 9.64. The number of carbonyl (C=O) groups is 2. The predicted molar refractivity (Wildman–Crippen MR) is 109 cm³/mol. The molecule has 1 N–H and O–H groups in total. The fourth-order valence-corrected chi connectivity index (χ4v) is 3.09. The zero-order valence-corrected chi connectivity index (χ0v) is 17.4. The van der Waals surface area contributed by atoms with Crippen LogP contribution in [0.5, 0.6) is 0 Å². The predicted octanol–water partition coefficient (Wildman–Crippen LogP) is 3.12. The highest BCUT2D eigenvalue weighted by molar-refractivity contribution is 5.92. The summed E-state index contributed by atoms with van der Waals surface area (Å²) in [7, 11) is 5.47. The highest BCUT2D eigenvalue weighted by atomic mass is 16.5. The smallest absolute Gasteiger partial charge is 0.250 e. The molecular formula is C21H33N3O3. The van der Waals surface area contributed by atoms with Gasteiger partial charge in [0.25, 0.3) is 0 Å². The Balaban J connectivity index is 2.30. The first-order valence-corrected chi connectivity index (χ1v) is 9.64. The Kier molecular flexibility index (Phi) is 7.25. The molecule has 0 aromatic heterocycles. The van der Waals surface area contributed by atoms with Gasteiger partial charge in [0.05, 0.1) is 0 Å². The third-order valence-corrected chi connectivity index (χ3v) is 5.13. The summed E-state index contributed by atoms with van der Waals surface area (Å²) in [6.07, 6.45) is 1.99. The minimum Gasteiger partial charge on any atom is -0.377 e. The molecule has 2 amide bonds. The van der Waals surface area contributed by atoms with Gasteiger partial charge in [-0.15, -0.1) is 0 Å². The summed E-state index contributed by atoms with van der Waals surface area (Å²) in [4.78, 5) is 28.8. The lowest BCUT2D eigenvalue weighted by Gasteiger charge is -2.33. The van der Waals surface area contributed by atoms with Crippen molar-refractivity contribution in [1.29, 1.82) is 0 Å². The quantitative estimate of drug-likeness (QED) is 0.720. The largest absolute Gasteiger partial charge is 0.377 e. The molecule has 0 radical (unpaired) electrons. The molecule has 1 aromatic rings. The van der Waals surface area contributed by atoms with E-state index in [0.717, 1.165) is 24.1 Å². The number of benzene rings is 1. The van der Waals surface area contributed by atoms with E-state index in [2.05, 4.69) is 26.1 Å². The van der Waals surface area contributed by atoms with Crippen LogP contribution in [0, 0.1) is 11.8 Å². The van der Waals surface area contributed by atoms with Crippen LogP contribution in [0.3, 0.4) is 0 Å². The lowest BCUT2D eigenvalue weighted by molar-refractivity contribution is -0.136. The third kappa shape index (κ3) is 5.70. The molecule has 0 spiro atoms. The fourth-order valence-electron chi connectivity index (χ4n) is 3.09. The van der Waals surface area contributed by atoms with Gasteiger partial charge in [-0.1, -0.05) is 13.8 Å². The minimum absolute atomic E-state index is 0.0153. The molecule has 0 saturated heterocycles. The maximum Gasteiger partial charge on any atom is 0.250 e. The van der Waals surface area contributed by atoms with Gasteiger partial charge in [0, 0.05) is 51.1 Å². The Morgan fingerprint density at radius 3 is 2.41 bits per heavy atom. The lowest BCUT2D eigenvalue weighted by Crippen LogP contribution is -2.42. The fraction of sp³-hybridized carbons (Fsp3) is 0.619. The van der Waals surface area contributed by atoms with Crippen molar-refractivity contribution in [3.63, 3.8) is 0 Å². The van der Waals surface area contributed by atoms with Gasteiger partial charge in [-0.25, -0.2) is 0 Å². The number of anilines is 2. The van der Waals surface area contributed by atoms with Gasteiger partial charge in [0.2, 0.25) is 11.8 Å². The Bertz CT molecular complexity index is 669. The summed E-state index contributed by atoms with van der Waals surface area (Å²) in [5.41, 5.74) is 2.79. The van der Waals surface area contributed by atoms with Crippen molar-refractivity contribution >= 4 is 23.2 Å². The zero-order chi connectivity index (χ0) is 20.1. The van der Waals surface area contributed by atoms with Gasteiger partial charge in [-0.2, -0.15) is 0 Å². The number of ether oxygens (including phenoxy) is 1. The van der Waals surface area contributed by atoms with Crippen LogP contribution in [0.15, 0.2) is 18.2 Å². The summed E-state index contributed by atoms with van der Waals surface area (Å²) in [6, 6.07) is 5.98. The van der Waals surface area contributed by atoms with Crippen LogP contribution >= 0.6 is 0 Å². The van der Waals surface area contributed by atoms with Crippen LogP contribution < -0.4 is 10.2 Å². The molecule has 27 heavy (non-hydrogen) atoms. The number of methoxy groups -OCH3 is 1. The van der Waals surface area contributed by atoms with Crippen LogP contribution in [0.25, 0.3) is 0 Å². The molecule has 0 aliphatic heterocycles. The number of rotatable bonds is 9. The second kappa shape index (κ2) is 9.22. The third-order valence-electron chi connectivity index (χ3n) is 5.13. The van der Waals surface area contributed by atoms with Crippen molar-refractivity contribution in [1.82, 2.24) is 4.90 Å². The van der Waals surface area contributed by atoms with E-state index in [4.69, 9.17) is 4.74 Å². The van der Waals surface area contributed by atoms with Gasteiger partial charge >= 0.3 is 0 Å². The molecule has 6 heteroatoms. The molecular weight excluding hydrogens is 342 g/mol. The Morgan fingerprint density at radius 2 is 1.89 bits per heavy atom. The molecule has 1 fully saturated rings. The van der Waals surface area contributed by atoms with Crippen LogP contribution in [0.2, 0.25) is 0 Å². The Hall–Kier alpha value is -2.08. The monoisotopic (exact) mass is 375 g/mol. The number of hydrogen-bond acceptors (Lipinski definition) is 4. The molecule has 1 aliphatic carbocycles. The van der Waals surface area contributed by atoms with E-state index in [1.807, 2.05) is 42.1 Å². The van der Waals surface area contributed by atoms with Gasteiger partial charge in [0.1, 0.15) is 6.61 Å². The Morgan fingerprint density at radius 1 is 1.22 bits per heavy atom. The molecule has 0 heterocycles. The standard InChI is InChI=1S/C21H33N3O3/c1-14(2)15(3)24(21(26)16-7-8-16)12-17-11-18(22-20(25)13-27-6)9-10-19(17)23(4)5/h9-11,14-16H,7-8,12-13H2,1-6H3,(H,22,25)/t15-/m0/s1. The van der Waals surface area contributed by atoms with Crippen molar-refractivity contribution in [2.45, 2.75) is 46.2 Å². The topological polar surface area (TPSA) is 61.9 Å². The van der Waals surface area contributed by atoms with E-state index in [9.17, 15) is 9.59 Å². The normalized spacial score (nSPS) is 14.8. The number of nitrogens with zero attached hydrogens (tertiary/aromatic N) is 2. The van der Waals surface area contributed by atoms with E-state index in [-0.39, 0.29) is 30.4 Å². The molecule has 1 aromatic carbocycles. The molecule has 0 unspecified atom stereocenters. The van der Waals surface area contributed by atoms with E-state index in [1.54, 1.807) is 0 Å². The van der Waals surface area contributed by atoms with E-state index in [0.29, 0.717) is 18.2 Å². The van der Waals surface area contributed by atoms with Gasteiger partial charge in [0.15, 0.2) is 0 Å². The SMILES string of the molecule is COCC(=O)Nc1ccc(N(C)C)c(CN(C(=O)C2CC2)[C@@H](C)C(C)C)c1. The average Bonchev–Trinajstić information content (AvgIpc) is 3.43. The van der Waals surface area contributed by atoms with E-state index >= 15 is 0 Å². The molecule has 0 bridgehead atoms. The highest BCUT2D eigenvalue weighted by Crippen LogP contribution is 2.34. The first-order chi connectivity index (χ1) is 12.7.